The van der Waals surface area contributed by atoms with Crippen LogP contribution in [-0.4, -0.2) is 54.3 Å². The highest BCUT2D eigenvalue weighted by Crippen LogP contribution is 2.42. The molecule has 2 atom stereocenters. The summed E-state index contributed by atoms with van der Waals surface area (Å²) in [4.78, 5) is 33.9. The highest BCUT2D eigenvalue weighted by atomic mass is 31.2. The number of carbonyl (C=O) groups excluding carboxylic acids is 2. The Hall–Kier alpha value is -1.25. The summed E-state index contributed by atoms with van der Waals surface area (Å²) in [5.41, 5.74) is 0. The molecule has 0 heterocycles. The lowest BCUT2D eigenvalue weighted by Gasteiger charge is -2.15. The van der Waals surface area contributed by atoms with Crippen molar-refractivity contribution in [3.63, 3.8) is 0 Å². The molecule has 0 aliphatic carbocycles. The molecule has 0 fully saturated rings. The van der Waals surface area contributed by atoms with Crippen LogP contribution in [0, 0.1) is 0 Å². The Morgan fingerprint density at radius 3 is 1.34 bits per heavy atom. The summed E-state index contributed by atoms with van der Waals surface area (Å²) in [6, 6.07) is 0. The summed E-state index contributed by atoms with van der Waals surface area (Å²) in [7, 11) is -4.41. The summed E-state index contributed by atoms with van der Waals surface area (Å²) in [5.74, 6) is -0.514. The monoisotopic (exact) mass is 816 g/mol. The first-order valence-electron chi connectivity index (χ1n) is 23.7. The number of rotatable bonds is 45. The summed E-state index contributed by atoms with van der Waals surface area (Å²) in [6.07, 6.45) is 45.8. The predicted molar refractivity (Wildman–Crippen MR) is 234 cm³/mol. The SMILES string of the molecule is CCCCCCC/C=C\CCCCCCCC(=O)NCCOP(=O)(O)OCC(O)COC(=O)CCCCCCCCCCCCCCCCCCCCCCC. The van der Waals surface area contributed by atoms with Crippen LogP contribution in [0.2, 0.25) is 0 Å². The van der Waals surface area contributed by atoms with Gasteiger partial charge >= 0.3 is 13.8 Å². The third kappa shape index (κ3) is 43.9. The molecule has 0 aliphatic rings. The molecule has 0 aliphatic heterocycles. The molecule has 0 aromatic rings. The maximum atomic E-state index is 12.1. The third-order valence-corrected chi connectivity index (χ3v) is 11.4. The number of ether oxygens (including phenoxy) is 1. The van der Waals surface area contributed by atoms with Gasteiger partial charge in [-0.05, 0) is 38.5 Å². The van der Waals surface area contributed by atoms with Crippen LogP contribution in [0.1, 0.15) is 239 Å². The standard InChI is InChI=1S/C46H90NO8P/c1-3-5-7-9-11-13-15-17-19-20-21-22-23-24-25-27-29-31-33-35-37-39-46(50)53-42-44(48)43-55-56(51,52)54-41-40-47-45(49)38-36-34-32-30-28-26-18-16-14-12-10-8-6-4-2/h16,18,44,48H,3-15,17,19-43H2,1-2H3,(H,47,49)(H,51,52)/b18-16-. The van der Waals surface area contributed by atoms with E-state index in [0.29, 0.717) is 6.42 Å². The lowest BCUT2D eigenvalue weighted by molar-refractivity contribution is -0.147. The maximum absolute atomic E-state index is 12.1. The van der Waals surface area contributed by atoms with Crippen molar-refractivity contribution in [2.45, 2.75) is 245 Å². The van der Waals surface area contributed by atoms with Gasteiger partial charge in [0, 0.05) is 19.4 Å². The molecule has 0 radical (unpaired) electrons. The second-order valence-electron chi connectivity index (χ2n) is 16.1. The molecular weight excluding hydrogens is 725 g/mol. The predicted octanol–water partition coefficient (Wildman–Crippen LogP) is 13.4. The first-order valence-corrected chi connectivity index (χ1v) is 25.2. The fraction of sp³-hybridized carbons (Fsp3) is 0.913. The van der Waals surface area contributed by atoms with Crippen molar-refractivity contribution in [2.75, 3.05) is 26.4 Å². The van der Waals surface area contributed by atoms with Crippen LogP contribution in [0.15, 0.2) is 12.2 Å². The molecule has 0 spiro atoms. The van der Waals surface area contributed by atoms with E-state index in [9.17, 15) is 24.2 Å². The smallest absolute Gasteiger partial charge is 0.463 e. The number of nitrogens with one attached hydrogen (secondary N) is 1. The average molecular weight is 816 g/mol. The Labute approximate surface area is 345 Å². The van der Waals surface area contributed by atoms with Crippen molar-refractivity contribution >= 4 is 19.7 Å². The van der Waals surface area contributed by atoms with E-state index in [1.165, 1.54) is 167 Å². The Morgan fingerprint density at radius 2 is 0.911 bits per heavy atom. The largest absolute Gasteiger partial charge is 0.472 e. The molecule has 0 aromatic heterocycles. The first-order chi connectivity index (χ1) is 27.3. The van der Waals surface area contributed by atoms with E-state index in [0.717, 1.165) is 44.9 Å². The quantitative estimate of drug-likeness (QED) is 0.0240. The molecule has 3 N–H and O–H groups in total. The van der Waals surface area contributed by atoms with Crippen LogP contribution in [0.5, 0.6) is 0 Å². The number of carbonyl (C=O) groups is 2. The lowest BCUT2D eigenvalue weighted by Crippen LogP contribution is -2.27. The zero-order valence-electron chi connectivity index (χ0n) is 36.6. The zero-order valence-corrected chi connectivity index (χ0v) is 37.5. The van der Waals surface area contributed by atoms with Gasteiger partial charge in [0.05, 0.1) is 13.2 Å². The number of allylic oxidation sites excluding steroid dienone is 2. The Balaban J connectivity index is 3.53. The van der Waals surface area contributed by atoms with Crippen molar-refractivity contribution in [3.8, 4) is 0 Å². The van der Waals surface area contributed by atoms with Gasteiger partial charge in [-0.3, -0.25) is 18.6 Å². The molecule has 56 heavy (non-hydrogen) atoms. The molecule has 2 unspecified atom stereocenters. The van der Waals surface area contributed by atoms with E-state index in [-0.39, 0.29) is 32.1 Å². The highest BCUT2D eigenvalue weighted by molar-refractivity contribution is 7.47. The van der Waals surface area contributed by atoms with Gasteiger partial charge in [0.1, 0.15) is 12.7 Å². The van der Waals surface area contributed by atoms with Gasteiger partial charge in [-0.15, -0.1) is 0 Å². The van der Waals surface area contributed by atoms with Gasteiger partial charge < -0.3 is 20.1 Å². The number of esters is 1. The van der Waals surface area contributed by atoms with Crippen LogP contribution in [0.25, 0.3) is 0 Å². The molecule has 0 aromatic carbocycles. The molecule has 10 heteroatoms. The number of aliphatic hydroxyl groups is 1. The summed E-state index contributed by atoms with van der Waals surface area (Å²) in [6.45, 7) is 3.57. The topological polar surface area (TPSA) is 131 Å². The maximum Gasteiger partial charge on any atom is 0.472 e. The van der Waals surface area contributed by atoms with Crippen LogP contribution >= 0.6 is 7.82 Å². The Morgan fingerprint density at radius 1 is 0.536 bits per heavy atom. The fourth-order valence-electron chi connectivity index (χ4n) is 6.85. The van der Waals surface area contributed by atoms with Crippen LogP contribution in [0.4, 0.5) is 0 Å². The minimum absolute atomic E-state index is 0.0807. The molecule has 0 bridgehead atoms. The van der Waals surface area contributed by atoms with Gasteiger partial charge in [-0.1, -0.05) is 199 Å². The Bertz CT molecular complexity index is 933. The van der Waals surface area contributed by atoms with Crippen LogP contribution < -0.4 is 5.32 Å². The number of phosphoric acid groups is 1. The van der Waals surface area contributed by atoms with Crippen molar-refractivity contribution in [1.82, 2.24) is 5.32 Å². The number of hydrogen-bond donors (Lipinski definition) is 3. The normalized spacial score (nSPS) is 13.3. The van der Waals surface area contributed by atoms with E-state index < -0.39 is 26.5 Å². The van der Waals surface area contributed by atoms with E-state index in [4.69, 9.17) is 13.8 Å². The summed E-state index contributed by atoms with van der Waals surface area (Å²) in [5, 5.41) is 12.7. The minimum atomic E-state index is -4.41. The molecule has 0 rings (SSSR count). The van der Waals surface area contributed by atoms with Crippen LogP contribution in [0.3, 0.4) is 0 Å². The summed E-state index contributed by atoms with van der Waals surface area (Å²) >= 11 is 0. The lowest BCUT2D eigenvalue weighted by atomic mass is 10.0. The number of amides is 1. The zero-order chi connectivity index (χ0) is 41.1. The van der Waals surface area contributed by atoms with Crippen molar-refractivity contribution in [3.05, 3.63) is 12.2 Å². The minimum Gasteiger partial charge on any atom is -0.463 e. The van der Waals surface area contributed by atoms with Crippen molar-refractivity contribution in [2.24, 2.45) is 0 Å². The number of aliphatic hydroxyl groups excluding tert-OH is 1. The molecule has 332 valence electrons. The van der Waals surface area contributed by atoms with E-state index >= 15 is 0 Å². The molecule has 9 nitrogen and oxygen atoms in total. The van der Waals surface area contributed by atoms with E-state index in [2.05, 4.69) is 31.3 Å². The molecule has 1 amide bonds. The van der Waals surface area contributed by atoms with Gasteiger partial charge in [0.25, 0.3) is 0 Å². The first kappa shape index (κ1) is 54.8. The second-order valence-corrected chi connectivity index (χ2v) is 17.5. The van der Waals surface area contributed by atoms with Gasteiger partial charge in [-0.2, -0.15) is 0 Å². The average Bonchev–Trinajstić information content (AvgIpc) is 3.18. The number of hydrogen-bond acceptors (Lipinski definition) is 7. The number of phosphoric ester groups is 1. The van der Waals surface area contributed by atoms with Gasteiger partial charge in [0.15, 0.2) is 0 Å². The second kappa shape index (κ2) is 43.3. The molecule has 0 saturated carbocycles. The number of unbranched alkanes of at least 4 members (excludes halogenated alkanes) is 30. The van der Waals surface area contributed by atoms with E-state index in [1.807, 2.05) is 0 Å². The fourth-order valence-corrected chi connectivity index (χ4v) is 7.60. The summed E-state index contributed by atoms with van der Waals surface area (Å²) < 4.78 is 26.9. The molecule has 0 saturated heterocycles. The van der Waals surface area contributed by atoms with E-state index in [1.54, 1.807) is 0 Å². The molecular formula is C46H90NO8P. The Kier molecular flexibility index (Phi) is 42.4. The highest BCUT2D eigenvalue weighted by Gasteiger charge is 2.23. The third-order valence-electron chi connectivity index (χ3n) is 10.4. The van der Waals surface area contributed by atoms with Gasteiger partial charge in [0.2, 0.25) is 5.91 Å². The van der Waals surface area contributed by atoms with Gasteiger partial charge in [-0.25, -0.2) is 4.57 Å². The van der Waals surface area contributed by atoms with Crippen LogP contribution in [-0.2, 0) is 27.9 Å². The van der Waals surface area contributed by atoms with Crippen molar-refractivity contribution < 1.29 is 37.9 Å². The van der Waals surface area contributed by atoms with Crippen molar-refractivity contribution in [1.29, 1.82) is 0 Å².